The summed E-state index contributed by atoms with van der Waals surface area (Å²) >= 11 is 0. The fourth-order valence-corrected chi connectivity index (χ4v) is 8.56. The maximum atomic E-state index is 6.40. The lowest BCUT2D eigenvalue weighted by Gasteiger charge is -2.14. The van der Waals surface area contributed by atoms with Crippen LogP contribution < -0.4 is 0 Å². The highest BCUT2D eigenvalue weighted by Crippen LogP contribution is 2.39. The lowest BCUT2D eigenvalue weighted by atomic mass is 9.96. The monoisotopic (exact) mass is 714 g/mol. The maximum Gasteiger partial charge on any atom is 0.238 e. The van der Waals surface area contributed by atoms with Gasteiger partial charge in [0, 0.05) is 32.7 Å². The quantitative estimate of drug-likeness (QED) is 0.182. The summed E-state index contributed by atoms with van der Waals surface area (Å²) in [4.78, 5) is 16.1. The minimum absolute atomic E-state index is 0.559. The van der Waals surface area contributed by atoms with Gasteiger partial charge in [0.1, 0.15) is 11.2 Å². The van der Waals surface area contributed by atoms with Crippen LogP contribution in [0, 0.1) is 0 Å². The Morgan fingerprint density at radius 2 is 1.04 bits per heavy atom. The molecular weight excluding hydrogens is 685 g/mol. The molecule has 0 bridgehead atoms. The number of aromatic nitrogens is 4. The van der Waals surface area contributed by atoms with E-state index in [-0.39, 0.29) is 0 Å². The Labute approximate surface area is 320 Å². The van der Waals surface area contributed by atoms with Crippen LogP contribution >= 0.6 is 0 Å². The molecule has 12 rings (SSSR count). The van der Waals surface area contributed by atoms with Gasteiger partial charge < -0.3 is 4.42 Å². The van der Waals surface area contributed by atoms with Gasteiger partial charge >= 0.3 is 0 Å². The largest absolute Gasteiger partial charge is 0.456 e. The average Bonchev–Trinajstić information content (AvgIpc) is 3.80. The van der Waals surface area contributed by atoms with Gasteiger partial charge in [-0.15, -0.1) is 0 Å². The highest BCUT2D eigenvalue weighted by atomic mass is 16.3. The summed E-state index contributed by atoms with van der Waals surface area (Å²) in [6.45, 7) is 0. The summed E-state index contributed by atoms with van der Waals surface area (Å²) in [6, 6.07) is 63.9. The second kappa shape index (κ2) is 11.9. The van der Waals surface area contributed by atoms with Crippen LogP contribution in [0.15, 0.2) is 186 Å². The third-order valence-electron chi connectivity index (χ3n) is 11.2. The van der Waals surface area contributed by atoms with Crippen LogP contribution in [-0.4, -0.2) is 19.5 Å². The molecule has 0 aliphatic rings. The van der Waals surface area contributed by atoms with Gasteiger partial charge in [0.2, 0.25) is 5.95 Å². The first kappa shape index (κ1) is 30.8. The lowest BCUT2D eigenvalue weighted by molar-refractivity contribution is 0.669. The molecular formula is C51H30N4O. The van der Waals surface area contributed by atoms with Crippen molar-refractivity contribution in [3.05, 3.63) is 182 Å². The Kier molecular flexibility index (Phi) is 6.56. The van der Waals surface area contributed by atoms with E-state index in [9.17, 15) is 0 Å². The summed E-state index contributed by atoms with van der Waals surface area (Å²) in [7, 11) is 0. The van der Waals surface area contributed by atoms with E-state index in [1.54, 1.807) is 0 Å². The van der Waals surface area contributed by atoms with Crippen molar-refractivity contribution in [3.8, 4) is 39.9 Å². The van der Waals surface area contributed by atoms with E-state index in [1.807, 2.05) is 12.1 Å². The number of benzene rings is 9. The van der Waals surface area contributed by atoms with Crippen LogP contribution in [0.1, 0.15) is 0 Å². The van der Waals surface area contributed by atoms with Crippen molar-refractivity contribution in [1.82, 2.24) is 19.5 Å². The molecule has 0 amide bonds. The van der Waals surface area contributed by atoms with E-state index in [4.69, 9.17) is 19.4 Å². The van der Waals surface area contributed by atoms with Crippen LogP contribution in [0.25, 0.3) is 116 Å². The molecule has 0 saturated heterocycles. The smallest absolute Gasteiger partial charge is 0.238 e. The molecule has 0 radical (unpaired) electrons. The van der Waals surface area contributed by atoms with Gasteiger partial charge in [-0.25, -0.2) is 4.98 Å². The Bertz CT molecular complexity index is 3540. The lowest BCUT2D eigenvalue weighted by Crippen LogP contribution is -2.06. The van der Waals surface area contributed by atoms with Gasteiger partial charge in [-0.05, 0) is 98.0 Å². The molecule has 0 unspecified atom stereocenters. The number of fused-ring (bicyclic) bond motifs is 10. The Morgan fingerprint density at radius 1 is 0.357 bits per heavy atom. The number of hydrogen-bond donors (Lipinski definition) is 0. The molecule has 9 aromatic carbocycles. The second-order valence-corrected chi connectivity index (χ2v) is 14.4. The summed E-state index contributed by atoms with van der Waals surface area (Å²) in [5.41, 5.74) is 7.82. The zero-order valence-electron chi connectivity index (χ0n) is 30.0. The van der Waals surface area contributed by atoms with Crippen LogP contribution in [-0.2, 0) is 0 Å². The van der Waals surface area contributed by atoms with Crippen molar-refractivity contribution in [2.45, 2.75) is 0 Å². The summed E-state index contributed by atoms with van der Waals surface area (Å²) < 4.78 is 8.61. The predicted molar refractivity (Wildman–Crippen MR) is 230 cm³/mol. The van der Waals surface area contributed by atoms with Crippen LogP contribution in [0.2, 0.25) is 0 Å². The molecule has 3 aromatic heterocycles. The van der Waals surface area contributed by atoms with Crippen molar-refractivity contribution >= 4 is 76.1 Å². The molecule has 5 nitrogen and oxygen atoms in total. The van der Waals surface area contributed by atoms with Crippen LogP contribution in [0.4, 0.5) is 0 Å². The minimum Gasteiger partial charge on any atom is -0.456 e. The first-order chi connectivity index (χ1) is 27.7. The number of rotatable bonds is 4. The average molecular weight is 715 g/mol. The summed E-state index contributed by atoms with van der Waals surface area (Å²) in [6.07, 6.45) is 0. The van der Waals surface area contributed by atoms with Crippen LogP contribution in [0.5, 0.6) is 0 Å². The minimum atomic E-state index is 0.559. The van der Waals surface area contributed by atoms with Gasteiger partial charge in [0.25, 0.3) is 0 Å². The number of para-hydroxylation sites is 1. The normalized spacial score (nSPS) is 11.9. The molecule has 0 saturated carbocycles. The molecule has 0 fully saturated rings. The fourth-order valence-electron chi connectivity index (χ4n) is 8.56. The fraction of sp³-hybridized carbons (Fsp3) is 0. The standard InChI is InChI=1S/C51H30N4O/c1-2-12-31(13-3-1)37-26-35-17-7-8-18-38(35)43(29-37)50-52-49(36-23-25-46-41(28-36)42-27-33-15-4-5-16-34(33)30-47(42)56-46)53-51(54-50)55-44-21-11-10-20-40(44)48-39-19-9-6-14-32(39)22-24-45(48)55/h1-30H. The van der Waals surface area contributed by atoms with E-state index < -0.39 is 0 Å². The first-order valence-electron chi connectivity index (χ1n) is 18.8. The zero-order chi connectivity index (χ0) is 36.7. The van der Waals surface area contributed by atoms with E-state index >= 15 is 0 Å². The van der Waals surface area contributed by atoms with Gasteiger partial charge in [-0.1, -0.05) is 127 Å². The molecule has 56 heavy (non-hydrogen) atoms. The molecule has 260 valence electrons. The van der Waals surface area contributed by atoms with Gasteiger partial charge in [-0.2, -0.15) is 9.97 Å². The Morgan fingerprint density at radius 3 is 1.89 bits per heavy atom. The third-order valence-corrected chi connectivity index (χ3v) is 11.2. The molecule has 12 aromatic rings. The van der Waals surface area contributed by atoms with Crippen LogP contribution in [0.3, 0.4) is 0 Å². The van der Waals surface area contributed by atoms with Crippen molar-refractivity contribution in [3.63, 3.8) is 0 Å². The van der Waals surface area contributed by atoms with Crippen molar-refractivity contribution in [2.75, 3.05) is 0 Å². The molecule has 0 aliphatic carbocycles. The Balaban J connectivity index is 1.17. The third kappa shape index (κ3) is 4.71. The molecule has 0 atom stereocenters. The highest BCUT2D eigenvalue weighted by molar-refractivity contribution is 6.21. The SMILES string of the molecule is c1ccc(-c2cc(-c3nc(-c4ccc5oc6cc7ccccc7cc6c5c4)nc(-n4c5ccccc5c5c6ccccc6ccc54)n3)c3ccccc3c2)cc1. The highest BCUT2D eigenvalue weighted by Gasteiger charge is 2.21. The Hall–Kier alpha value is -7.63. The first-order valence-corrected chi connectivity index (χ1v) is 18.8. The summed E-state index contributed by atoms with van der Waals surface area (Å²) in [5.74, 6) is 1.75. The zero-order valence-corrected chi connectivity index (χ0v) is 30.0. The van der Waals surface area contributed by atoms with E-state index in [2.05, 4.69) is 174 Å². The van der Waals surface area contributed by atoms with E-state index in [0.29, 0.717) is 17.6 Å². The van der Waals surface area contributed by atoms with Crippen molar-refractivity contribution in [2.24, 2.45) is 0 Å². The second-order valence-electron chi connectivity index (χ2n) is 14.4. The topological polar surface area (TPSA) is 56.7 Å². The molecule has 3 heterocycles. The number of nitrogens with zero attached hydrogens (tertiary/aromatic N) is 4. The molecule has 5 heteroatoms. The number of furan rings is 1. The van der Waals surface area contributed by atoms with Gasteiger partial charge in [-0.3, -0.25) is 4.57 Å². The molecule has 0 aliphatic heterocycles. The molecule has 0 N–H and O–H groups in total. The summed E-state index contributed by atoms with van der Waals surface area (Å²) in [5, 5.41) is 11.3. The predicted octanol–water partition coefficient (Wildman–Crippen LogP) is 13.3. The van der Waals surface area contributed by atoms with E-state index in [0.717, 1.165) is 76.8 Å². The maximum absolute atomic E-state index is 6.40. The van der Waals surface area contributed by atoms with E-state index in [1.165, 1.54) is 21.5 Å². The van der Waals surface area contributed by atoms with Gasteiger partial charge in [0.15, 0.2) is 11.6 Å². The number of hydrogen-bond acceptors (Lipinski definition) is 4. The molecule has 0 spiro atoms. The van der Waals surface area contributed by atoms with Gasteiger partial charge in [0.05, 0.1) is 11.0 Å². The van der Waals surface area contributed by atoms with Crippen molar-refractivity contribution in [1.29, 1.82) is 0 Å². The van der Waals surface area contributed by atoms with Crippen molar-refractivity contribution < 1.29 is 4.42 Å².